The predicted molar refractivity (Wildman–Crippen MR) is 105 cm³/mol. The summed E-state index contributed by atoms with van der Waals surface area (Å²) in [5.74, 6) is -3.27. The van der Waals surface area contributed by atoms with E-state index in [-0.39, 0.29) is 30.0 Å². The molecule has 9 heteroatoms. The number of aliphatic carboxylic acids is 1. The Hall–Kier alpha value is -4.01. The second kappa shape index (κ2) is 7.43. The highest BCUT2D eigenvalue weighted by molar-refractivity contribution is 6.18. The van der Waals surface area contributed by atoms with Crippen LogP contribution in [0.3, 0.4) is 0 Å². The van der Waals surface area contributed by atoms with Crippen LogP contribution in [0.2, 0.25) is 0 Å². The zero-order chi connectivity index (χ0) is 21.4. The van der Waals surface area contributed by atoms with Gasteiger partial charge in [-0.2, -0.15) is 0 Å². The topological polar surface area (TPSA) is 104 Å². The van der Waals surface area contributed by atoms with Gasteiger partial charge >= 0.3 is 5.97 Å². The van der Waals surface area contributed by atoms with Crippen LogP contribution in [0.5, 0.6) is 5.75 Å². The summed E-state index contributed by atoms with van der Waals surface area (Å²) in [7, 11) is 0. The second-order valence-corrected chi connectivity index (χ2v) is 6.68. The van der Waals surface area contributed by atoms with Gasteiger partial charge < -0.3 is 20.1 Å². The molecule has 0 aliphatic carbocycles. The molecule has 0 saturated heterocycles. The Labute approximate surface area is 168 Å². The number of rotatable bonds is 6. The summed E-state index contributed by atoms with van der Waals surface area (Å²) in [6.07, 6.45) is 2.72. The smallest absolute Gasteiger partial charge is 0.307 e. The Morgan fingerprint density at radius 1 is 1.10 bits per heavy atom. The monoisotopic (exact) mass is 411 g/mol. The van der Waals surface area contributed by atoms with Gasteiger partial charge in [-0.15, -0.1) is 0 Å². The maximum absolute atomic E-state index is 14.3. The van der Waals surface area contributed by atoms with E-state index in [0.717, 1.165) is 6.07 Å². The third-order valence-electron chi connectivity index (χ3n) is 4.91. The molecule has 0 bridgehead atoms. The van der Waals surface area contributed by atoms with E-state index in [1.165, 1.54) is 30.6 Å². The molecule has 0 atom stereocenters. The molecule has 30 heavy (non-hydrogen) atoms. The number of amides is 1. The van der Waals surface area contributed by atoms with Gasteiger partial charge in [0.25, 0.3) is 0 Å². The fourth-order valence-corrected chi connectivity index (χ4v) is 3.69. The standard InChI is InChI=1S/C21H15F2N3O4/c22-13-3-1-2-12(20(13)23)9-26-14-5-4-11(6-17(29)30)21(25-10-27)19(14)18-15(26)7-24-8-16(18)28/h1-5,7-8,10,28H,6,9H2,(H,25,27)(H,29,30). The molecule has 0 spiro atoms. The number of carboxylic acids is 1. The molecule has 0 aliphatic rings. The largest absolute Gasteiger partial charge is 0.506 e. The van der Waals surface area contributed by atoms with Crippen LogP contribution < -0.4 is 5.32 Å². The lowest BCUT2D eigenvalue weighted by Gasteiger charge is -2.11. The number of nitrogens with one attached hydrogen (secondary N) is 1. The normalized spacial score (nSPS) is 11.1. The van der Waals surface area contributed by atoms with Gasteiger partial charge in [-0.1, -0.05) is 18.2 Å². The number of pyridine rings is 1. The first-order valence-electron chi connectivity index (χ1n) is 8.88. The van der Waals surface area contributed by atoms with E-state index in [1.54, 1.807) is 10.6 Å². The van der Waals surface area contributed by atoms with Crippen molar-refractivity contribution < 1.29 is 28.6 Å². The van der Waals surface area contributed by atoms with Gasteiger partial charge in [0.1, 0.15) is 5.75 Å². The lowest BCUT2D eigenvalue weighted by molar-refractivity contribution is -0.136. The number of carbonyl (C=O) groups is 2. The minimum absolute atomic E-state index is 0.0759. The minimum atomic E-state index is -1.10. The highest BCUT2D eigenvalue weighted by atomic mass is 19.2. The lowest BCUT2D eigenvalue weighted by Crippen LogP contribution is -2.06. The third kappa shape index (κ3) is 3.10. The second-order valence-electron chi connectivity index (χ2n) is 6.68. The first kappa shape index (κ1) is 19.3. The molecule has 152 valence electrons. The third-order valence-corrected chi connectivity index (χ3v) is 4.91. The van der Waals surface area contributed by atoms with Crippen molar-refractivity contribution in [2.24, 2.45) is 0 Å². The summed E-state index contributed by atoms with van der Waals surface area (Å²) >= 11 is 0. The first-order valence-corrected chi connectivity index (χ1v) is 8.88. The maximum Gasteiger partial charge on any atom is 0.307 e. The van der Waals surface area contributed by atoms with Crippen molar-refractivity contribution in [1.82, 2.24) is 9.55 Å². The van der Waals surface area contributed by atoms with Crippen LogP contribution in [-0.2, 0) is 22.6 Å². The van der Waals surface area contributed by atoms with Crippen LogP contribution >= 0.6 is 0 Å². The number of nitrogens with zero attached hydrogens (tertiary/aromatic N) is 2. The van der Waals surface area contributed by atoms with E-state index in [9.17, 15) is 28.6 Å². The SMILES string of the molecule is O=CNc1c(CC(=O)O)ccc2c1c1c(O)cncc1n2Cc1cccc(F)c1F. The molecule has 2 heterocycles. The summed E-state index contributed by atoms with van der Waals surface area (Å²) in [6, 6.07) is 6.99. The van der Waals surface area contributed by atoms with Crippen molar-refractivity contribution >= 4 is 39.9 Å². The highest BCUT2D eigenvalue weighted by Gasteiger charge is 2.21. The molecule has 0 unspecified atom stereocenters. The molecule has 1 amide bonds. The molecule has 7 nitrogen and oxygen atoms in total. The molecule has 2 aromatic carbocycles. The lowest BCUT2D eigenvalue weighted by atomic mass is 10.0. The number of aromatic nitrogens is 2. The van der Waals surface area contributed by atoms with E-state index < -0.39 is 17.6 Å². The molecule has 4 rings (SSSR count). The van der Waals surface area contributed by atoms with Crippen molar-refractivity contribution in [2.45, 2.75) is 13.0 Å². The van der Waals surface area contributed by atoms with E-state index >= 15 is 0 Å². The Morgan fingerprint density at radius 3 is 2.63 bits per heavy atom. The number of carbonyl (C=O) groups excluding carboxylic acids is 1. The van der Waals surface area contributed by atoms with Crippen LogP contribution in [0.4, 0.5) is 14.5 Å². The van der Waals surface area contributed by atoms with Crippen LogP contribution in [-0.4, -0.2) is 32.1 Å². The van der Waals surface area contributed by atoms with Crippen molar-refractivity contribution in [3.63, 3.8) is 0 Å². The Morgan fingerprint density at radius 2 is 1.90 bits per heavy atom. The van der Waals surface area contributed by atoms with Gasteiger partial charge in [0.15, 0.2) is 11.6 Å². The number of benzene rings is 2. The number of halogens is 2. The van der Waals surface area contributed by atoms with E-state index in [0.29, 0.717) is 33.8 Å². The number of aromatic hydroxyl groups is 1. The van der Waals surface area contributed by atoms with Gasteiger partial charge in [-0.25, -0.2) is 8.78 Å². The molecular formula is C21H15F2N3O4. The molecule has 0 aliphatic heterocycles. The van der Waals surface area contributed by atoms with Crippen molar-refractivity contribution in [3.8, 4) is 5.75 Å². The van der Waals surface area contributed by atoms with Crippen molar-refractivity contribution in [3.05, 3.63) is 65.5 Å². The van der Waals surface area contributed by atoms with Crippen LogP contribution in [0.25, 0.3) is 21.8 Å². The number of anilines is 1. The van der Waals surface area contributed by atoms with E-state index in [4.69, 9.17) is 0 Å². The number of hydrogen-bond donors (Lipinski definition) is 3. The van der Waals surface area contributed by atoms with Crippen LogP contribution in [0.1, 0.15) is 11.1 Å². The molecule has 0 fully saturated rings. The maximum atomic E-state index is 14.3. The summed E-state index contributed by atoms with van der Waals surface area (Å²) in [5, 5.41) is 22.9. The van der Waals surface area contributed by atoms with Gasteiger partial charge in [-0.3, -0.25) is 14.6 Å². The minimum Gasteiger partial charge on any atom is -0.506 e. The molecule has 0 radical (unpaired) electrons. The first-order chi connectivity index (χ1) is 14.4. The Bertz CT molecular complexity index is 1320. The zero-order valence-corrected chi connectivity index (χ0v) is 15.4. The molecular weight excluding hydrogens is 396 g/mol. The number of hydrogen-bond acceptors (Lipinski definition) is 4. The quantitative estimate of drug-likeness (QED) is 0.422. The van der Waals surface area contributed by atoms with Crippen molar-refractivity contribution in [1.29, 1.82) is 0 Å². The highest BCUT2D eigenvalue weighted by Crippen LogP contribution is 2.40. The summed E-state index contributed by atoms with van der Waals surface area (Å²) in [5.41, 5.74) is 1.52. The van der Waals surface area contributed by atoms with Gasteiger partial charge in [0, 0.05) is 10.9 Å². The predicted octanol–water partition coefficient (Wildman–Crippen LogP) is 3.42. The van der Waals surface area contributed by atoms with Crippen molar-refractivity contribution in [2.75, 3.05) is 5.32 Å². The van der Waals surface area contributed by atoms with Crippen LogP contribution in [0, 0.1) is 11.6 Å². The fraction of sp³-hybridized carbons (Fsp3) is 0.0952. The number of fused-ring (bicyclic) bond motifs is 3. The van der Waals surface area contributed by atoms with E-state index in [2.05, 4.69) is 10.3 Å². The summed E-state index contributed by atoms with van der Waals surface area (Å²) in [6.45, 7) is -0.0759. The fourth-order valence-electron chi connectivity index (χ4n) is 3.69. The van der Waals surface area contributed by atoms with E-state index in [1.807, 2.05) is 0 Å². The summed E-state index contributed by atoms with van der Waals surface area (Å²) in [4.78, 5) is 26.4. The van der Waals surface area contributed by atoms with Crippen LogP contribution in [0.15, 0.2) is 42.7 Å². The Kier molecular flexibility index (Phi) is 4.78. The van der Waals surface area contributed by atoms with Gasteiger partial charge in [0.2, 0.25) is 6.41 Å². The molecule has 2 aromatic heterocycles. The molecule has 4 aromatic rings. The summed E-state index contributed by atoms with van der Waals surface area (Å²) < 4.78 is 29.6. The number of carboxylic acid groups (broad SMARTS) is 1. The molecule has 3 N–H and O–H groups in total. The average Bonchev–Trinajstić information content (AvgIpc) is 3.02. The average molecular weight is 411 g/mol. The molecule has 0 saturated carbocycles. The van der Waals surface area contributed by atoms with Gasteiger partial charge in [-0.05, 0) is 17.7 Å². The van der Waals surface area contributed by atoms with Gasteiger partial charge in [0.05, 0.1) is 47.5 Å². The Balaban J connectivity index is 2.06. The zero-order valence-electron chi connectivity index (χ0n) is 15.4.